The van der Waals surface area contributed by atoms with Gasteiger partial charge in [-0.15, -0.1) is 0 Å². The van der Waals surface area contributed by atoms with Gasteiger partial charge >= 0.3 is 0 Å². The van der Waals surface area contributed by atoms with Crippen LogP contribution in [0.25, 0.3) is 0 Å². The number of ether oxygens (including phenoxy) is 1. The smallest absolute Gasteiger partial charge is 0.226 e. The zero-order valence-corrected chi connectivity index (χ0v) is 13.7. The van der Waals surface area contributed by atoms with E-state index >= 15 is 0 Å². The highest BCUT2D eigenvalue weighted by molar-refractivity contribution is 6.00. The predicted octanol–water partition coefficient (Wildman–Crippen LogP) is 2.92. The van der Waals surface area contributed by atoms with E-state index in [1.54, 1.807) is 0 Å². The second-order valence-electron chi connectivity index (χ2n) is 7.03. The van der Waals surface area contributed by atoms with Gasteiger partial charge in [0, 0.05) is 24.9 Å². The maximum Gasteiger partial charge on any atom is 0.226 e. The lowest BCUT2D eigenvalue weighted by atomic mass is 9.84. The molecule has 1 aromatic carbocycles. The molecule has 0 unspecified atom stereocenters. The van der Waals surface area contributed by atoms with Gasteiger partial charge in [-0.25, -0.2) is 0 Å². The van der Waals surface area contributed by atoms with Crippen molar-refractivity contribution in [3.05, 3.63) is 29.8 Å². The van der Waals surface area contributed by atoms with Crippen molar-refractivity contribution in [2.75, 3.05) is 13.1 Å². The SMILES string of the molecule is CCN(CC)C(=O)[C@H]1[C@@H]2CC[C@@]3(CC(=O)c4ccccc4O3)[C@@H]21. The molecule has 0 aromatic heterocycles. The Kier molecular flexibility index (Phi) is 3.26. The number of carbonyl (C=O) groups is 2. The summed E-state index contributed by atoms with van der Waals surface area (Å²) in [4.78, 5) is 27.2. The van der Waals surface area contributed by atoms with Crippen molar-refractivity contribution >= 4 is 11.7 Å². The van der Waals surface area contributed by atoms with E-state index in [2.05, 4.69) is 0 Å². The molecule has 4 rings (SSSR count). The molecular formula is C19H23NO3. The van der Waals surface area contributed by atoms with Gasteiger partial charge < -0.3 is 9.64 Å². The maximum absolute atomic E-state index is 12.7. The molecule has 4 atom stereocenters. The number of fused-ring (bicyclic) bond motifs is 3. The zero-order chi connectivity index (χ0) is 16.2. The summed E-state index contributed by atoms with van der Waals surface area (Å²) in [6.45, 7) is 5.54. The summed E-state index contributed by atoms with van der Waals surface area (Å²) < 4.78 is 6.34. The van der Waals surface area contributed by atoms with Crippen LogP contribution in [0.4, 0.5) is 0 Å². The maximum atomic E-state index is 12.7. The molecule has 1 amide bonds. The number of nitrogens with zero attached hydrogens (tertiary/aromatic N) is 1. The number of benzene rings is 1. The van der Waals surface area contributed by atoms with Gasteiger partial charge in [-0.05, 0) is 44.7 Å². The molecule has 4 nitrogen and oxygen atoms in total. The molecule has 1 spiro atoms. The monoisotopic (exact) mass is 313 g/mol. The molecule has 0 N–H and O–H groups in total. The fraction of sp³-hybridized carbons (Fsp3) is 0.579. The number of hydrogen-bond acceptors (Lipinski definition) is 3. The van der Waals surface area contributed by atoms with Crippen molar-refractivity contribution in [1.82, 2.24) is 4.90 Å². The van der Waals surface area contributed by atoms with E-state index in [0.29, 0.717) is 23.7 Å². The number of para-hydroxylation sites is 1. The van der Waals surface area contributed by atoms with Crippen LogP contribution in [-0.4, -0.2) is 35.3 Å². The first-order chi connectivity index (χ1) is 11.1. The molecule has 3 aliphatic rings. The van der Waals surface area contributed by atoms with Gasteiger partial charge in [0.1, 0.15) is 11.4 Å². The Labute approximate surface area is 136 Å². The average Bonchev–Trinajstić information content (AvgIpc) is 3.20. The Morgan fingerprint density at radius 2 is 2.04 bits per heavy atom. The molecule has 0 bridgehead atoms. The summed E-state index contributed by atoms with van der Waals surface area (Å²) in [5.74, 6) is 1.79. The van der Waals surface area contributed by atoms with Crippen molar-refractivity contribution in [2.45, 2.75) is 38.7 Å². The number of rotatable bonds is 3. The summed E-state index contributed by atoms with van der Waals surface area (Å²) in [5.41, 5.74) is 0.248. The Hall–Kier alpha value is -1.84. The van der Waals surface area contributed by atoms with Crippen molar-refractivity contribution < 1.29 is 14.3 Å². The summed E-state index contributed by atoms with van der Waals surface area (Å²) >= 11 is 0. The number of carbonyl (C=O) groups excluding carboxylic acids is 2. The lowest BCUT2D eigenvalue weighted by Crippen LogP contribution is -2.45. The summed E-state index contributed by atoms with van der Waals surface area (Å²) in [6, 6.07) is 7.50. The van der Waals surface area contributed by atoms with Crippen LogP contribution in [0.3, 0.4) is 0 Å². The first-order valence-electron chi connectivity index (χ1n) is 8.71. The molecule has 1 aromatic rings. The van der Waals surface area contributed by atoms with E-state index in [-0.39, 0.29) is 23.5 Å². The highest BCUT2D eigenvalue weighted by atomic mass is 16.5. The van der Waals surface area contributed by atoms with Crippen molar-refractivity contribution in [1.29, 1.82) is 0 Å². The molecule has 4 heteroatoms. The van der Waals surface area contributed by atoms with Crippen molar-refractivity contribution in [3.8, 4) is 5.75 Å². The minimum Gasteiger partial charge on any atom is -0.486 e. The van der Waals surface area contributed by atoms with E-state index in [0.717, 1.165) is 25.9 Å². The van der Waals surface area contributed by atoms with Gasteiger partial charge in [-0.2, -0.15) is 0 Å². The highest BCUT2D eigenvalue weighted by Crippen LogP contribution is 2.66. The van der Waals surface area contributed by atoms with Gasteiger partial charge in [0.2, 0.25) is 5.91 Å². The molecule has 1 aliphatic heterocycles. The Bertz CT molecular complexity index is 666. The lowest BCUT2D eigenvalue weighted by molar-refractivity contribution is -0.134. The van der Waals surface area contributed by atoms with Crippen LogP contribution >= 0.6 is 0 Å². The van der Waals surface area contributed by atoms with E-state index in [1.807, 2.05) is 43.0 Å². The van der Waals surface area contributed by atoms with Crippen LogP contribution in [0.1, 0.15) is 43.5 Å². The first kappa shape index (κ1) is 14.7. The lowest BCUT2D eigenvalue weighted by Gasteiger charge is -2.37. The molecule has 122 valence electrons. The third-order valence-electron chi connectivity index (χ3n) is 6.00. The van der Waals surface area contributed by atoms with Crippen LogP contribution < -0.4 is 4.74 Å². The third-order valence-corrected chi connectivity index (χ3v) is 6.00. The number of hydrogen-bond donors (Lipinski definition) is 0. The standard InChI is InChI=1S/C19H23NO3/c1-3-20(4-2)18(22)16-13-9-10-19(17(13)16)11-14(21)12-7-5-6-8-15(12)23-19/h5-8,13,16-17H,3-4,9-11H2,1-2H3/t13-,16-,17-,19+/m0/s1. The predicted molar refractivity (Wildman–Crippen MR) is 86.4 cm³/mol. The van der Waals surface area contributed by atoms with Crippen LogP contribution in [0.5, 0.6) is 5.75 Å². The van der Waals surface area contributed by atoms with E-state index in [1.165, 1.54) is 0 Å². The minimum atomic E-state index is -0.441. The minimum absolute atomic E-state index is 0.0571. The first-order valence-corrected chi connectivity index (χ1v) is 8.71. The van der Waals surface area contributed by atoms with Gasteiger partial charge in [0.05, 0.1) is 12.0 Å². The topological polar surface area (TPSA) is 46.6 Å². The van der Waals surface area contributed by atoms with Gasteiger partial charge in [-0.3, -0.25) is 9.59 Å². The van der Waals surface area contributed by atoms with Gasteiger partial charge in [-0.1, -0.05) is 12.1 Å². The normalized spacial score (nSPS) is 33.8. The molecule has 2 fully saturated rings. The second-order valence-corrected chi connectivity index (χ2v) is 7.03. The Morgan fingerprint density at radius 3 is 2.78 bits per heavy atom. The fourth-order valence-electron chi connectivity index (χ4n) is 4.84. The van der Waals surface area contributed by atoms with Crippen LogP contribution in [0, 0.1) is 17.8 Å². The molecule has 0 radical (unpaired) electrons. The number of amides is 1. The number of Topliss-reactive ketones (excluding diaryl/α,β-unsaturated/α-hetero) is 1. The summed E-state index contributed by atoms with van der Waals surface area (Å²) in [5, 5.41) is 0. The number of ketones is 1. The fourth-order valence-corrected chi connectivity index (χ4v) is 4.84. The molecule has 2 saturated carbocycles. The van der Waals surface area contributed by atoms with Crippen LogP contribution in [0.2, 0.25) is 0 Å². The molecular weight excluding hydrogens is 290 g/mol. The zero-order valence-electron chi connectivity index (χ0n) is 13.7. The average molecular weight is 313 g/mol. The van der Waals surface area contributed by atoms with Crippen LogP contribution in [-0.2, 0) is 4.79 Å². The highest BCUT2D eigenvalue weighted by Gasteiger charge is 2.70. The van der Waals surface area contributed by atoms with E-state index in [9.17, 15) is 9.59 Å². The van der Waals surface area contributed by atoms with Crippen molar-refractivity contribution in [3.63, 3.8) is 0 Å². The van der Waals surface area contributed by atoms with Crippen molar-refractivity contribution in [2.24, 2.45) is 17.8 Å². The largest absolute Gasteiger partial charge is 0.486 e. The molecule has 2 aliphatic carbocycles. The molecule has 0 saturated heterocycles. The quantitative estimate of drug-likeness (QED) is 0.862. The van der Waals surface area contributed by atoms with Crippen LogP contribution in [0.15, 0.2) is 24.3 Å². The van der Waals surface area contributed by atoms with E-state index in [4.69, 9.17) is 4.74 Å². The Balaban J connectivity index is 1.60. The Morgan fingerprint density at radius 1 is 1.30 bits per heavy atom. The molecule has 1 heterocycles. The summed E-state index contributed by atoms with van der Waals surface area (Å²) in [6.07, 6.45) is 2.31. The van der Waals surface area contributed by atoms with Gasteiger partial charge in [0.25, 0.3) is 0 Å². The van der Waals surface area contributed by atoms with Gasteiger partial charge in [0.15, 0.2) is 5.78 Å². The third kappa shape index (κ3) is 2.03. The summed E-state index contributed by atoms with van der Waals surface area (Å²) in [7, 11) is 0. The second kappa shape index (κ2) is 5.08. The molecule has 23 heavy (non-hydrogen) atoms. The van der Waals surface area contributed by atoms with E-state index < -0.39 is 5.60 Å².